The van der Waals surface area contributed by atoms with E-state index in [-0.39, 0.29) is 5.54 Å². The fourth-order valence-corrected chi connectivity index (χ4v) is 2.30. The molecule has 84 valence electrons. The first kappa shape index (κ1) is 10.5. The van der Waals surface area contributed by atoms with Gasteiger partial charge in [-0.1, -0.05) is 12.8 Å². The van der Waals surface area contributed by atoms with E-state index >= 15 is 0 Å². The highest BCUT2D eigenvalue weighted by molar-refractivity contribution is 5.37. The van der Waals surface area contributed by atoms with Crippen LogP contribution in [0.5, 0.6) is 0 Å². The van der Waals surface area contributed by atoms with Crippen molar-refractivity contribution < 1.29 is 0 Å². The van der Waals surface area contributed by atoms with Crippen LogP contribution < -0.4 is 11.1 Å². The fourth-order valence-electron chi connectivity index (χ4n) is 2.30. The van der Waals surface area contributed by atoms with Crippen LogP contribution in [0.1, 0.15) is 31.4 Å². The second-order valence-corrected chi connectivity index (χ2v) is 4.72. The highest BCUT2D eigenvalue weighted by Gasteiger charge is 2.29. The highest BCUT2D eigenvalue weighted by atomic mass is 15.3. The molecule has 0 spiro atoms. The summed E-state index contributed by atoms with van der Waals surface area (Å²) in [5, 5.41) is 7.68. The SMILES string of the molecule is Cc1cc(NCC2(N)CCCC2)n(C)n1. The molecule has 2 rings (SSSR count). The molecule has 1 aliphatic rings. The molecule has 15 heavy (non-hydrogen) atoms. The van der Waals surface area contributed by atoms with Crippen molar-refractivity contribution in [1.82, 2.24) is 9.78 Å². The molecule has 1 heterocycles. The third-order valence-electron chi connectivity index (χ3n) is 3.22. The molecular formula is C11H20N4. The van der Waals surface area contributed by atoms with Crippen LogP contribution in [0.25, 0.3) is 0 Å². The molecule has 0 saturated heterocycles. The highest BCUT2D eigenvalue weighted by Crippen LogP contribution is 2.27. The summed E-state index contributed by atoms with van der Waals surface area (Å²) in [6.45, 7) is 2.85. The number of nitrogens with two attached hydrogens (primary N) is 1. The predicted octanol–water partition coefficient (Wildman–Crippen LogP) is 1.41. The smallest absolute Gasteiger partial charge is 0.124 e. The Morgan fingerprint density at radius 1 is 1.53 bits per heavy atom. The summed E-state index contributed by atoms with van der Waals surface area (Å²) in [6.07, 6.45) is 4.80. The van der Waals surface area contributed by atoms with Crippen molar-refractivity contribution in [3.8, 4) is 0 Å². The lowest BCUT2D eigenvalue weighted by atomic mass is 9.99. The van der Waals surface area contributed by atoms with E-state index in [1.54, 1.807) is 0 Å². The average molecular weight is 208 g/mol. The van der Waals surface area contributed by atoms with Crippen LogP contribution in [0.4, 0.5) is 5.82 Å². The zero-order chi connectivity index (χ0) is 10.9. The molecule has 1 aliphatic carbocycles. The third kappa shape index (κ3) is 2.31. The summed E-state index contributed by atoms with van der Waals surface area (Å²) in [6, 6.07) is 2.05. The van der Waals surface area contributed by atoms with E-state index in [0.717, 1.165) is 30.9 Å². The molecule has 4 nitrogen and oxygen atoms in total. The zero-order valence-corrected chi connectivity index (χ0v) is 9.58. The average Bonchev–Trinajstić information content (AvgIpc) is 2.71. The van der Waals surface area contributed by atoms with Crippen LogP contribution in [0.15, 0.2) is 6.07 Å². The maximum absolute atomic E-state index is 6.27. The Kier molecular flexibility index (Phi) is 2.69. The van der Waals surface area contributed by atoms with Crippen LogP contribution in [0.3, 0.4) is 0 Å². The van der Waals surface area contributed by atoms with Crippen LogP contribution in [-0.2, 0) is 7.05 Å². The van der Waals surface area contributed by atoms with Gasteiger partial charge in [0.25, 0.3) is 0 Å². The van der Waals surface area contributed by atoms with Gasteiger partial charge in [-0.15, -0.1) is 0 Å². The summed E-state index contributed by atoms with van der Waals surface area (Å²) in [4.78, 5) is 0. The molecule has 0 atom stereocenters. The molecule has 0 aromatic carbocycles. The monoisotopic (exact) mass is 208 g/mol. The van der Waals surface area contributed by atoms with Gasteiger partial charge in [-0.05, 0) is 19.8 Å². The Bertz CT molecular complexity index is 336. The molecule has 0 unspecified atom stereocenters. The van der Waals surface area contributed by atoms with Crippen LogP contribution >= 0.6 is 0 Å². The molecule has 0 bridgehead atoms. The van der Waals surface area contributed by atoms with E-state index in [0.29, 0.717) is 0 Å². The van der Waals surface area contributed by atoms with Gasteiger partial charge in [-0.25, -0.2) is 0 Å². The molecule has 1 aromatic heterocycles. The molecule has 0 amide bonds. The van der Waals surface area contributed by atoms with Crippen molar-refractivity contribution in [2.24, 2.45) is 12.8 Å². The van der Waals surface area contributed by atoms with Crippen molar-refractivity contribution in [3.05, 3.63) is 11.8 Å². The van der Waals surface area contributed by atoms with Gasteiger partial charge in [0.05, 0.1) is 5.69 Å². The lowest BCUT2D eigenvalue weighted by Gasteiger charge is -2.24. The second-order valence-electron chi connectivity index (χ2n) is 4.72. The van der Waals surface area contributed by atoms with Crippen LogP contribution in [0.2, 0.25) is 0 Å². The van der Waals surface area contributed by atoms with E-state index in [9.17, 15) is 0 Å². The van der Waals surface area contributed by atoms with Crippen molar-refractivity contribution in [2.45, 2.75) is 38.1 Å². The minimum absolute atomic E-state index is 0.00181. The number of hydrogen-bond acceptors (Lipinski definition) is 3. The number of nitrogens with one attached hydrogen (secondary N) is 1. The Hall–Kier alpha value is -1.03. The lowest BCUT2D eigenvalue weighted by Crippen LogP contribution is -2.43. The Balaban J connectivity index is 1.95. The van der Waals surface area contributed by atoms with Crippen molar-refractivity contribution in [3.63, 3.8) is 0 Å². The number of aromatic nitrogens is 2. The molecule has 4 heteroatoms. The van der Waals surface area contributed by atoms with E-state index in [1.807, 2.05) is 18.7 Å². The van der Waals surface area contributed by atoms with Gasteiger partial charge in [0.15, 0.2) is 0 Å². The zero-order valence-electron chi connectivity index (χ0n) is 9.58. The first-order chi connectivity index (χ1) is 7.09. The Labute approximate surface area is 90.8 Å². The van der Waals surface area contributed by atoms with Crippen LogP contribution in [0, 0.1) is 6.92 Å². The molecule has 1 fully saturated rings. The van der Waals surface area contributed by atoms with Gasteiger partial charge in [0.1, 0.15) is 5.82 Å². The number of nitrogens with zero attached hydrogens (tertiary/aromatic N) is 2. The Morgan fingerprint density at radius 2 is 2.20 bits per heavy atom. The summed E-state index contributed by atoms with van der Waals surface area (Å²) < 4.78 is 1.87. The van der Waals surface area contributed by atoms with Gasteiger partial charge in [-0.3, -0.25) is 4.68 Å². The molecule has 3 N–H and O–H groups in total. The Morgan fingerprint density at radius 3 is 2.73 bits per heavy atom. The summed E-state index contributed by atoms with van der Waals surface area (Å²) in [5.41, 5.74) is 7.31. The maximum Gasteiger partial charge on any atom is 0.124 e. The normalized spacial score (nSPS) is 19.4. The molecule has 0 radical (unpaired) electrons. The van der Waals surface area contributed by atoms with E-state index in [2.05, 4.69) is 16.5 Å². The third-order valence-corrected chi connectivity index (χ3v) is 3.22. The number of anilines is 1. The van der Waals surface area contributed by atoms with E-state index in [1.165, 1.54) is 12.8 Å². The van der Waals surface area contributed by atoms with Crippen molar-refractivity contribution in [2.75, 3.05) is 11.9 Å². The van der Waals surface area contributed by atoms with Gasteiger partial charge in [0, 0.05) is 25.2 Å². The fraction of sp³-hybridized carbons (Fsp3) is 0.727. The van der Waals surface area contributed by atoms with Gasteiger partial charge >= 0.3 is 0 Å². The number of aryl methyl sites for hydroxylation is 2. The van der Waals surface area contributed by atoms with Crippen molar-refractivity contribution in [1.29, 1.82) is 0 Å². The first-order valence-corrected chi connectivity index (χ1v) is 5.62. The summed E-state index contributed by atoms with van der Waals surface area (Å²) in [5.74, 6) is 1.06. The minimum atomic E-state index is -0.00181. The minimum Gasteiger partial charge on any atom is -0.368 e. The maximum atomic E-state index is 6.27. The largest absolute Gasteiger partial charge is 0.368 e. The van der Waals surface area contributed by atoms with Gasteiger partial charge in [0.2, 0.25) is 0 Å². The molecule has 1 aromatic rings. The van der Waals surface area contributed by atoms with Crippen molar-refractivity contribution >= 4 is 5.82 Å². The topological polar surface area (TPSA) is 55.9 Å². The number of hydrogen-bond donors (Lipinski definition) is 2. The number of rotatable bonds is 3. The summed E-state index contributed by atoms with van der Waals surface area (Å²) in [7, 11) is 1.95. The van der Waals surface area contributed by atoms with Gasteiger partial charge < -0.3 is 11.1 Å². The standard InChI is InChI=1S/C11H20N4/c1-9-7-10(15(2)14-9)13-8-11(12)5-3-4-6-11/h7,13H,3-6,8,12H2,1-2H3. The second kappa shape index (κ2) is 3.85. The lowest BCUT2D eigenvalue weighted by molar-refractivity contribution is 0.462. The quantitative estimate of drug-likeness (QED) is 0.789. The van der Waals surface area contributed by atoms with Crippen LogP contribution in [-0.4, -0.2) is 21.9 Å². The van der Waals surface area contributed by atoms with E-state index < -0.39 is 0 Å². The van der Waals surface area contributed by atoms with E-state index in [4.69, 9.17) is 5.73 Å². The first-order valence-electron chi connectivity index (χ1n) is 5.62. The molecular weight excluding hydrogens is 188 g/mol. The molecule has 1 saturated carbocycles. The molecule has 0 aliphatic heterocycles. The van der Waals surface area contributed by atoms with Gasteiger partial charge in [-0.2, -0.15) is 5.10 Å². The predicted molar refractivity (Wildman–Crippen MR) is 61.8 cm³/mol. The summed E-state index contributed by atoms with van der Waals surface area (Å²) >= 11 is 0.